The Hall–Kier alpha value is -3.03. The highest BCUT2D eigenvalue weighted by Gasteiger charge is 2.34. The molecule has 0 aromatic heterocycles. The molecule has 1 aromatic carbocycles. The minimum atomic E-state index is -1.27. The normalized spacial score (nSPS) is 16.8. The predicted molar refractivity (Wildman–Crippen MR) is 89.2 cm³/mol. The molecule has 134 valence electrons. The first-order valence-corrected chi connectivity index (χ1v) is 7.76. The first-order chi connectivity index (χ1) is 11.8. The second-order valence-electron chi connectivity index (χ2n) is 5.52. The summed E-state index contributed by atoms with van der Waals surface area (Å²) >= 11 is 0. The van der Waals surface area contributed by atoms with Crippen LogP contribution in [0.5, 0.6) is 11.5 Å². The minimum Gasteiger partial charge on any atom is -0.493 e. The number of rotatable bonds is 7. The maximum atomic E-state index is 12.1. The number of urea groups is 1. The third kappa shape index (κ3) is 4.28. The Kier molecular flexibility index (Phi) is 5.63. The zero-order valence-electron chi connectivity index (χ0n) is 14.2. The maximum Gasteiger partial charge on any atom is 0.329 e. The molecule has 1 saturated heterocycles. The molecule has 1 fully saturated rings. The lowest BCUT2D eigenvalue weighted by Gasteiger charge is -2.15. The minimum absolute atomic E-state index is 0.00361. The van der Waals surface area contributed by atoms with Gasteiger partial charge in [-0.25, -0.2) is 9.69 Å². The molecule has 1 aliphatic heterocycles. The molecule has 8 nitrogen and oxygen atoms in total. The van der Waals surface area contributed by atoms with Crippen molar-refractivity contribution in [2.75, 3.05) is 13.7 Å². The number of carbonyl (C=O) groups excluding carboxylic acids is 2. The third-order valence-electron chi connectivity index (χ3n) is 3.66. The highest BCUT2D eigenvalue weighted by atomic mass is 16.5. The van der Waals surface area contributed by atoms with Gasteiger partial charge < -0.3 is 19.9 Å². The van der Waals surface area contributed by atoms with E-state index in [-0.39, 0.29) is 11.8 Å². The summed E-state index contributed by atoms with van der Waals surface area (Å²) in [4.78, 5) is 35.2. The molecule has 0 unspecified atom stereocenters. The first kappa shape index (κ1) is 18.3. The summed E-state index contributed by atoms with van der Waals surface area (Å²) < 4.78 is 11.1. The fourth-order valence-corrected chi connectivity index (χ4v) is 2.19. The van der Waals surface area contributed by atoms with Gasteiger partial charge in [0.05, 0.1) is 13.2 Å². The highest BCUT2D eigenvalue weighted by Crippen LogP contribution is 2.30. The number of ether oxygens (including phenoxy) is 2. The van der Waals surface area contributed by atoms with Crippen LogP contribution in [0.2, 0.25) is 0 Å². The molecule has 8 heteroatoms. The van der Waals surface area contributed by atoms with Gasteiger partial charge in [0.15, 0.2) is 11.5 Å². The van der Waals surface area contributed by atoms with Gasteiger partial charge >= 0.3 is 12.0 Å². The van der Waals surface area contributed by atoms with Crippen molar-refractivity contribution in [3.63, 3.8) is 0 Å². The molecule has 2 rings (SSSR count). The SMILES string of the molecule is CC[C@@H](C)Oc1ccc(/C=C2/NC(=O)N(CC(=O)O)C2=O)cc1OC. The first-order valence-electron chi connectivity index (χ1n) is 7.76. The molecule has 0 aliphatic carbocycles. The number of nitrogens with one attached hydrogen (secondary N) is 1. The van der Waals surface area contributed by atoms with Crippen LogP contribution in [0.4, 0.5) is 4.79 Å². The van der Waals surface area contributed by atoms with E-state index in [4.69, 9.17) is 14.6 Å². The molecule has 0 spiro atoms. The van der Waals surface area contributed by atoms with Gasteiger partial charge in [0.1, 0.15) is 12.2 Å². The van der Waals surface area contributed by atoms with Crippen LogP contribution in [0.3, 0.4) is 0 Å². The van der Waals surface area contributed by atoms with E-state index in [0.717, 1.165) is 6.42 Å². The number of amides is 3. The molecule has 1 heterocycles. The van der Waals surface area contributed by atoms with Gasteiger partial charge in [-0.2, -0.15) is 0 Å². The molecule has 0 saturated carbocycles. The van der Waals surface area contributed by atoms with Gasteiger partial charge in [0, 0.05) is 0 Å². The second-order valence-corrected chi connectivity index (χ2v) is 5.52. The van der Waals surface area contributed by atoms with Crippen LogP contribution in [0.25, 0.3) is 6.08 Å². The fourth-order valence-electron chi connectivity index (χ4n) is 2.19. The Morgan fingerprint density at radius 1 is 1.36 bits per heavy atom. The van der Waals surface area contributed by atoms with Gasteiger partial charge in [-0.1, -0.05) is 13.0 Å². The van der Waals surface area contributed by atoms with E-state index in [1.165, 1.54) is 13.2 Å². The van der Waals surface area contributed by atoms with E-state index in [1.54, 1.807) is 18.2 Å². The molecule has 0 bridgehead atoms. The summed E-state index contributed by atoms with van der Waals surface area (Å²) in [6.45, 7) is 3.26. The molecule has 1 aromatic rings. The molecule has 25 heavy (non-hydrogen) atoms. The topological polar surface area (TPSA) is 105 Å². The van der Waals surface area contributed by atoms with Crippen molar-refractivity contribution in [3.8, 4) is 11.5 Å². The van der Waals surface area contributed by atoms with Crippen LogP contribution in [0, 0.1) is 0 Å². The van der Waals surface area contributed by atoms with E-state index in [0.29, 0.717) is 22.0 Å². The van der Waals surface area contributed by atoms with Crippen LogP contribution < -0.4 is 14.8 Å². The van der Waals surface area contributed by atoms with Crippen molar-refractivity contribution in [2.45, 2.75) is 26.4 Å². The van der Waals surface area contributed by atoms with Crippen LogP contribution in [0.15, 0.2) is 23.9 Å². The maximum absolute atomic E-state index is 12.1. The van der Waals surface area contributed by atoms with Crippen molar-refractivity contribution >= 4 is 24.0 Å². The van der Waals surface area contributed by atoms with Crippen molar-refractivity contribution in [3.05, 3.63) is 29.5 Å². The number of imide groups is 1. The lowest BCUT2D eigenvalue weighted by Crippen LogP contribution is -2.35. The number of carbonyl (C=O) groups is 3. The van der Waals surface area contributed by atoms with Crippen LogP contribution in [-0.2, 0) is 9.59 Å². The Morgan fingerprint density at radius 2 is 2.08 bits per heavy atom. The van der Waals surface area contributed by atoms with Crippen LogP contribution >= 0.6 is 0 Å². The van der Waals surface area contributed by atoms with E-state index < -0.39 is 24.5 Å². The van der Waals surface area contributed by atoms with Crippen molar-refractivity contribution < 1.29 is 29.0 Å². The second kappa shape index (κ2) is 7.69. The monoisotopic (exact) mass is 348 g/mol. The van der Waals surface area contributed by atoms with Gasteiger partial charge in [0.25, 0.3) is 5.91 Å². The van der Waals surface area contributed by atoms with E-state index in [1.807, 2.05) is 13.8 Å². The summed E-state index contributed by atoms with van der Waals surface area (Å²) in [6, 6.07) is 4.34. The summed E-state index contributed by atoms with van der Waals surface area (Å²) in [7, 11) is 1.51. The quantitative estimate of drug-likeness (QED) is 0.575. The average molecular weight is 348 g/mol. The molecule has 0 radical (unpaired) electrons. The number of hydrogen-bond donors (Lipinski definition) is 2. The highest BCUT2D eigenvalue weighted by molar-refractivity contribution is 6.15. The Labute approximate surface area is 145 Å². The molecule has 1 atom stereocenters. The summed E-state index contributed by atoms with van der Waals surface area (Å²) in [5.41, 5.74) is 0.609. The Morgan fingerprint density at radius 3 is 2.68 bits per heavy atom. The van der Waals surface area contributed by atoms with Crippen molar-refractivity contribution in [1.29, 1.82) is 0 Å². The predicted octanol–water partition coefficient (Wildman–Crippen LogP) is 1.85. The van der Waals surface area contributed by atoms with Gasteiger partial charge in [0.2, 0.25) is 0 Å². The molecule has 3 amide bonds. The molecule has 1 aliphatic rings. The lowest BCUT2D eigenvalue weighted by molar-refractivity contribution is -0.140. The van der Waals surface area contributed by atoms with Crippen LogP contribution in [-0.4, -0.2) is 47.7 Å². The van der Waals surface area contributed by atoms with Gasteiger partial charge in [-0.05, 0) is 37.1 Å². The van der Waals surface area contributed by atoms with E-state index in [2.05, 4.69) is 5.32 Å². The standard InChI is InChI=1S/C17H20N2O6/c1-4-10(2)25-13-6-5-11(8-14(13)24-3)7-12-16(22)19(9-15(20)21)17(23)18-12/h5-8,10H,4,9H2,1-3H3,(H,18,23)(H,20,21)/b12-7+/t10-/m1/s1. The summed E-state index contributed by atoms with van der Waals surface area (Å²) in [5, 5.41) is 11.1. The number of carboxylic acid groups (broad SMARTS) is 1. The number of hydrogen-bond acceptors (Lipinski definition) is 5. The number of nitrogens with zero attached hydrogens (tertiary/aromatic N) is 1. The van der Waals surface area contributed by atoms with Gasteiger partial charge in [-0.3, -0.25) is 9.59 Å². The molecular weight excluding hydrogens is 328 g/mol. The van der Waals surface area contributed by atoms with Gasteiger partial charge in [-0.15, -0.1) is 0 Å². The summed E-state index contributed by atoms with van der Waals surface area (Å²) in [5.74, 6) is -0.883. The average Bonchev–Trinajstić information content (AvgIpc) is 2.83. The largest absolute Gasteiger partial charge is 0.493 e. The zero-order chi connectivity index (χ0) is 18.6. The smallest absolute Gasteiger partial charge is 0.329 e. The number of methoxy groups -OCH3 is 1. The van der Waals surface area contributed by atoms with Crippen molar-refractivity contribution in [1.82, 2.24) is 10.2 Å². The van der Waals surface area contributed by atoms with E-state index >= 15 is 0 Å². The molecular formula is C17H20N2O6. The third-order valence-corrected chi connectivity index (χ3v) is 3.66. The van der Waals surface area contributed by atoms with Crippen molar-refractivity contribution in [2.24, 2.45) is 0 Å². The lowest BCUT2D eigenvalue weighted by atomic mass is 10.1. The number of benzene rings is 1. The van der Waals surface area contributed by atoms with Crippen LogP contribution in [0.1, 0.15) is 25.8 Å². The number of carboxylic acids is 1. The fraction of sp³-hybridized carbons (Fsp3) is 0.353. The van der Waals surface area contributed by atoms with E-state index in [9.17, 15) is 14.4 Å². The summed E-state index contributed by atoms with van der Waals surface area (Å²) in [6.07, 6.45) is 2.32. The molecule has 2 N–H and O–H groups in total. The Balaban J connectivity index is 2.25. The zero-order valence-corrected chi connectivity index (χ0v) is 14.2. The number of aliphatic carboxylic acids is 1. The Bertz CT molecular complexity index is 728.